The van der Waals surface area contributed by atoms with E-state index in [1.807, 2.05) is 20.8 Å². The Hall–Kier alpha value is -2.15. The number of aromatic nitrogens is 3. The molecule has 1 amide bonds. The third-order valence-corrected chi connectivity index (χ3v) is 3.77. The topological polar surface area (TPSA) is 77.4 Å². The lowest BCUT2D eigenvalue weighted by atomic mass is 10.2. The summed E-state index contributed by atoms with van der Waals surface area (Å²) in [6.07, 6.45) is 1.66. The van der Waals surface area contributed by atoms with Gasteiger partial charge in [0.25, 0.3) is 0 Å². The molecule has 0 N–H and O–H groups in total. The number of likely N-dealkylation sites (tertiary alicyclic amines) is 1. The summed E-state index contributed by atoms with van der Waals surface area (Å²) in [7, 11) is 0. The molecule has 1 unspecified atom stereocenters. The van der Waals surface area contributed by atoms with Crippen molar-refractivity contribution in [3.05, 3.63) is 23.6 Å². The van der Waals surface area contributed by atoms with E-state index >= 15 is 0 Å². The molecule has 2 aromatic rings. The fraction of sp³-hybridized carbons (Fsp3) is 0.500. The lowest BCUT2D eigenvalue weighted by molar-refractivity contribution is 0.0275. The molecule has 2 aromatic heterocycles. The summed E-state index contributed by atoms with van der Waals surface area (Å²) in [5.74, 6) is 0.440. The van der Waals surface area contributed by atoms with Crippen molar-refractivity contribution in [2.75, 3.05) is 13.1 Å². The summed E-state index contributed by atoms with van der Waals surface area (Å²) in [6, 6.07) is 3.52. The highest BCUT2D eigenvalue weighted by Gasteiger charge is 2.31. The zero-order valence-corrected chi connectivity index (χ0v) is 14.6. The second-order valence-corrected chi connectivity index (χ2v) is 6.99. The van der Waals surface area contributed by atoms with E-state index < -0.39 is 5.60 Å². The highest BCUT2D eigenvalue weighted by molar-refractivity contribution is 6.33. The smallest absolute Gasteiger partial charge is 0.410 e. The molecule has 128 valence electrons. The minimum Gasteiger partial charge on any atom is -0.472 e. The number of pyridine rings is 1. The van der Waals surface area contributed by atoms with Gasteiger partial charge in [0, 0.05) is 19.0 Å². The first kappa shape index (κ1) is 16.7. The van der Waals surface area contributed by atoms with Gasteiger partial charge in [-0.2, -0.15) is 0 Å². The lowest BCUT2D eigenvalue weighted by Crippen LogP contribution is -2.36. The molecule has 1 saturated heterocycles. The molecule has 0 aromatic carbocycles. The van der Waals surface area contributed by atoms with Crippen molar-refractivity contribution in [3.63, 3.8) is 0 Å². The first-order chi connectivity index (χ1) is 11.3. The van der Waals surface area contributed by atoms with Crippen LogP contribution in [-0.2, 0) is 4.74 Å². The normalized spacial score (nSPS) is 18.0. The van der Waals surface area contributed by atoms with E-state index in [9.17, 15) is 4.79 Å². The minimum absolute atomic E-state index is 0.133. The molecule has 0 aliphatic carbocycles. The van der Waals surface area contributed by atoms with E-state index in [1.165, 1.54) is 6.33 Å². The van der Waals surface area contributed by atoms with Gasteiger partial charge < -0.3 is 14.4 Å². The molecule has 3 heterocycles. The molecular weight excluding hydrogens is 332 g/mol. The molecule has 0 saturated carbocycles. The SMILES string of the molecule is CC(C)(C)OC(=O)N1CCC(Oc2ccc3ncnc(Cl)c3n2)C1. The summed E-state index contributed by atoms with van der Waals surface area (Å²) in [5, 5.41) is 0.284. The molecule has 1 atom stereocenters. The highest BCUT2D eigenvalue weighted by Crippen LogP contribution is 2.23. The molecule has 1 aliphatic rings. The number of halogens is 1. The number of hydrogen-bond acceptors (Lipinski definition) is 6. The fourth-order valence-corrected chi connectivity index (χ4v) is 2.63. The maximum Gasteiger partial charge on any atom is 0.410 e. The van der Waals surface area contributed by atoms with Gasteiger partial charge in [0.15, 0.2) is 5.15 Å². The summed E-state index contributed by atoms with van der Waals surface area (Å²) in [6.45, 7) is 6.60. The standard InChI is InChI=1S/C16H19ClN4O3/c1-16(2,3)24-15(22)21-7-6-10(8-21)23-12-5-4-11-13(20-12)14(17)19-9-18-11/h4-5,9-10H,6-8H2,1-3H3. The van der Waals surface area contributed by atoms with Crippen LogP contribution in [0.5, 0.6) is 5.88 Å². The third-order valence-electron chi connectivity index (χ3n) is 3.50. The van der Waals surface area contributed by atoms with Crippen molar-refractivity contribution < 1.29 is 14.3 Å². The predicted molar refractivity (Wildman–Crippen MR) is 89.2 cm³/mol. The van der Waals surface area contributed by atoms with E-state index in [0.717, 1.165) is 6.42 Å². The molecular formula is C16H19ClN4O3. The van der Waals surface area contributed by atoms with Gasteiger partial charge in [-0.3, -0.25) is 0 Å². The van der Waals surface area contributed by atoms with Crippen LogP contribution in [0.3, 0.4) is 0 Å². The van der Waals surface area contributed by atoms with Crippen LogP contribution < -0.4 is 4.74 Å². The van der Waals surface area contributed by atoms with Crippen molar-refractivity contribution in [2.45, 2.75) is 38.9 Å². The zero-order valence-electron chi connectivity index (χ0n) is 13.8. The van der Waals surface area contributed by atoms with Crippen LogP contribution in [0.2, 0.25) is 5.15 Å². The number of hydrogen-bond donors (Lipinski definition) is 0. The Labute approximate surface area is 145 Å². The second-order valence-electron chi connectivity index (χ2n) is 6.64. The molecule has 3 rings (SSSR count). The Morgan fingerprint density at radius 3 is 2.88 bits per heavy atom. The summed E-state index contributed by atoms with van der Waals surface area (Å²) < 4.78 is 11.2. The van der Waals surface area contributed by atoms with Crippen molar-refractivity contribution in [2.24, 2.45) is 0 Å². The summed E-state index contributed by atoms with van der Waals surface area (Å²) in [4.78, 5) is 26.1. The average Bonchev–Trinajstić information content (AvgIpc) is 2.95. The van der Waals surface area contributed by atoms with Gasteiger partial charge in [-0.25, -0.2) is 19.7 Å². The first-order valence-electron chi connectivity index (χ1n) is 7.74. The van der Waals surface area contributed by atoms with Crippen molar-refractivity contribution in [3.8, 4) is 5.88 Å². The first-order valence-corrected chi connectivity index (χ1v) is 8.11. The Kier molecular flexibility index (Phi) is 4.45. The molecule has 7 nitrogen and oxygen atoms in total. The van der Waals surface area contributed by atoms with Gasteiger partial charge in [-0.05, 0) is 26.8 Å². The number of amides is 1. The number of ether oxygens (including phenoxy) is 2. The van der Waals surface area contributed by atoms with Gasteiger partial charge in [0.1, 0.15) is 23.5 Å². The van der Waals surface area contributed by atoms with Crippen molar-refractivity contribution >= 4 is 28.7 Å². The van der Waals surface area contributed by atoms with Crippen LogP contribution in [0.15, 0.2) is 18.5 Å². The number of fused-ring (bicyclic) bond motifs is 1. The summed E-state index contributed by atoms with van der Waals surface area (Å²) >= 11 is 6.03. The quantitative estimate of drug-likeness (QED) is 0.774. The van der Waals surface area contributed by atoms with Crippen LogP contribution in [0, 0.1) is 0 Å². The molecule has 24 heavy (non-hydrogen) atoms. The molecule has 1 aliphatic heterocycles. The largest absolute Gasteiger partial charge is 0.472 e. The van der Waals surface area contributed by atoms with Gasteiger partial charge in [0.05, 0.1) is 12.1 Å². The van der Waals surface area contributed by atoms with Gasteiger partial charge >= 0.3 is 6.09 Å². The number of nitrogens with zero attached hydrogens (tertiary/aromatic N) is 4. The van der Waals surface area contributed by atoms with Crippen LogP contribution >= 0.6 is 11.6 Å². The molecule has 0 radical (unpaired) electrons. The molecule has 0 spiro atoms. The maximum atomic E-state index is 12.1. The van der Waals surface area contributed by atoms with E-state index in [1.54, 1.807) is 17.0 Å². The maximum absolute atomic E-state index is 12.1. The Morgan fingerprint density at radius 2 is 2.12 bits per heavy atom. The lowest BCUT2D eigenvalue weighted by Gasteiger charge is -2.24. The third kappa shape index (κ3) is 3.84. The van der Waals surface area contributed by atoms with E-state index in [0.29, 0.717) is 30.0 Å². The Bertz CT molecular complexity index is 763. The summed E-state index contributed by atoms with van der Waals surface area (Å²) in [5.41, 5.74) is 0.648. The second kappa shape index (κ2) is 6.39. The predicted octanol–water partition coefficient (Wildman–Crippen LogP) is 3.07. The minimum atomic E-state index is -0.507. The highest BCUT2D eigenvalue weighted by atomic mass is 35.5. The monoisotopic (exact) mass is 350 g/mol. The van der Waals surface area contributed by atoms with Gasteiger partial charge in [0.2, 0.25) is 5.88 Å². The van der Waals surface area contributed by atoms with Crippen LogP contribution in [0.4, 0.5) is 4.79 Å². The van der Waals surface area contributed by atoms with Crippen LogP contribution in [0.1, 0.15) is 27.2 Å². The van der Waals surface area contributed by atoms with Gasteiger partial charge in [-0.1, -0.05) is 11.6 Å². The van der Waals surface area contributed by atoms with Crippen molar-refractivity contribution in [1.29, 1.82) is 0 Å². The number of carbonyl (C=O) groups excluding carboxylic acids is 1. The van der Waals surface area contributed by atoms with E-state index in [-0.39, 0.29) is 17.4 Å². The average molecular weight is 351 g/mol. The number of carbonyl (C=O) groups is 1. The number of rotatable bonds is 2. The van der Waals surface area contributed by atoms with Crippen molar-refractivity contribution in [1.82, 2.24) is 19.9 Å². The fourth-order valence-electron chi connectivity index (χ4n) is 2.45. The molecule has 0 bridgehead atoms. The zero-order chi connectivity index (χ0) is 17.3. The van der Waals surface area contributed by atoms with Gasteiger partial charge in [-0.15, -0.1) is 0 Å². The Morgan fingerprint density at radius 1 is 1.33 bits per heavy atom. The van der Waals surface area contributed by atoms with Crippen LogP contribution in [0.25, 0.3) is 11.0 Å². The molecule has 8 heteroatoms. The van der Waals surface area contributed by atoms with Crippen LogP contribution in [-0.4, -0.2) is 50.7 Å². The van der Waals surface area contributed by atoms with E-state index in [4.69, 9.17) is 21.1 Å². The Balaban J connectivity index is 1.65. The molecule has 1 fully saturated rings. The van der Waals surface area contributed by atoms with E-state index in [2.05, 4.69) is 15.0 Å².